The maximum atomic E-state index is 11.9. The predicted molar refractivity (Wildman–Crippen MR) is 75.2 cm³/mol. The van der Waals surface area contributed by atoms with Gasteiger partial charge >= 0.3 is 0 Å². The Bertz CT molecular complexity index is 637. The molecule has 2 aromatic rings. The third kappa shape index (κ3) is 3.52. The van der Waals surface area contributed by atoms with Crippen LogP contribution in [0.4, 0.5) is 0 Å². The Morgan fingerprint density at radius 3 is 2.90 bits per heavy atom. The lowest BCUT2D eigenvalue weighted by Crippen LogP contribution is -2.28. The number of carbonyl (C=O) groups is 1. The fourth-order valence-electron chi connectivity index (χ4n) is 1.55. The molecule has 2 aromatic heterocycles. The van der Waals surface area contributed by atoms with E-state index >= 15 is 0 Å². The van der Waals surface area contributed by atoms with Crippen LogP contribution in [0.3, 0.4) is 0 Å². The van der Waals surface area contributed by atoms with Crippen LogP contribution in [0.5, 0.6) is 0 Å². The highest BCUT2D eigenvalue weighted by Crippen LogP contribution is 2.10. The first kappa shape index (κ1) is 14.0. The lowest BCUT2D eigenvalue weighted by atomic mass is 10.2. The average molecular weight is 291 g/mol. The number of pyridine rings is 2. The molecule has 4 N–H and O–H groups in total. The molecule has 20 heavy (non-hydrogen) atoms. The predicted octanol–water partition coefficient (Wildman–Crippen LogP) is 0.908. The Morgan fingerprint density at radius 2 is 2.25 bits per heavy atom. The smallest absolute Gasteiger partial charge is 0.271 e. The molecule has 0 saturated carbocycles. The van der Waals surface area contributed by atoms with Crippen molar-refractivity contribution in [3.05, 3.63) is 58.6 Å². The number of aromatic nitrogens is 2. The molecule has 0 aromatic carbocycles. The highest BCUT2D eigenvalue weighted by atomic mass is 35.5. The van der Waals surface area contributed by atoms with Gasteiger partial charge in [-0.1, -0.05) is 11.6 Å². The number of nitrogens with zero attached hydrogens (tertiary/aromatic N) is 2. The van der Waals surface area contributed by atoms with Crippen molar-refractivity contribution < 1.29 is 9.78 Å². The van der Waals surface area contributed by atoms with Crippen LogP contribution in [0.2, 0.25) is 5.15 Å². The zero-order valence-corrected chi connectivity index (χ0v) is 11.5. The molecule has 0 unspecified atom stereocenters. The molecule has 102 valence electrons. The Labute approximate surface area is 120 Å². The van der Waals surface area contributed by atoms with E-state index in [-0.39, 0.29) is 11.0 Å². The summed E-state index contributed by atoms with van der Waals surface area (Å²) < 4.78 is 0. The van der Waals surface area contributed by atoms with E-state index in [4.69, 9.17) is 17.3 Å². The van der Waals surface area contributed by atoms with E-state index < -0.39 is 5.91 Å². The number of hydrazone groups is 1. The molecule has 0 aliphatic rings. The summed E-state index contributed by atoms with van der Waals surface area (Å²) in [6.45, 7) is 1.75. The van der Waals surface area contributed by atoms with Crippen molar-refractivity contribution >= 4 is 23.3 Å². The molecule has 7 heteroatoms. The molecule has 6 nitrogen and oxygen atoms in total. The number of rotatable bonds is 3. The number of amidine groups is 1. The molecule has 0 atom stereocenters. The van der Waals surface area contributed by atoms with Crippen molar-refractivity contribution in [1.82, 2.24) is 10.4 Å². The van der Waals surface area contributed by atoms with Crippen molar-refractivity contribution in [1.29, 1.82) is 0 Å². The Morgan fingerprint density at radius 1 is 1.45 bits per heavy atom. The molecule has 2 heterocycles. The number of aromatic amines is 1. The van der Waals surface area contributed by atoms with Crippen molar-refractivity contribution in [2.75, 3.05) is 0 Å². The number of nitrogens with two attached hydrogens (primary N) is 1. The minimum absolute atomic E-state index is 0.177. The lowest BCUT2D eigenvalue weighted by Gasteiger charge is -2.02. The zero-order valence-electron chi connectivity index (χ0n) is 10.7. The van der Waals surface area contributed by atoms with Gasteiger partial charge in [-0.25, -0.2) is 15.4 Å². The van der Waals surface area contributed by atoms with E-state index in [9.17, 15) is 4.79 Å². The number of hydrogen-bond donors (Lipinski definition) is 2. The van der Waals surface area contributed by atoms with Crippen molar-refractivity contribution in [3.8, 4) is 0 Å². The summed E-state index contributed by atoms with van der Waals surface area (Å²) in [5.74, 6) is -0.230. The molecule has 0 radical (unpaired) electrons. The number of aryl methyl sites for hydroxylation is 1. The largest absolute Gasteiger partial charge is 0.377 e. The van der Waals surface area contributed by atoms with Gasteiger partial charge in [0.15, 0.2) is 6.20 Å². The number of carbonyl (C=O) groups excluding carboxylic acids is 1. The van der Waals surface area contributed by atoms with Crippen LogP contribution in [0.15, 0.2) is 41.6 Å². The Kier molecular flexibility index (Phi) is 4.27. The van der Waals surface area contributed by atoms with Crippen molar-refractivity contribution in [2.24, 2.45) is 10.8 Å². The highest BCUT2D eigenvalue weighted by molar-refractivity contribution is 6.29. The third-order valence-electron chi connectivity index (χ3n) is 2.45. The number of hydrogen-bond acceptors (Lipinski definition) is 3. The first-order chi connectivity index (χ1) is 9.56. The Hall–Kier alpha value is -2.47. The number of nitrogens with one attached hydrogen (secondary N) is 2. The highest BCUT2D eigenvalue weighted by Gasteiger charge is 2.09. The lowest BCUT2D eigenvalue weighted by molar-refractivity contribution is -0.380. The van der Waals surface area contributed by atoms with Gasteiger partial charge < -0.3 is 5.73 Å². The summed E-state index contributed by atoms with van der Waals surface area (Å²) in [6, 6.07) is 8.45. The number of amides is 1. The van der Waals surface area contributed by atoms with E-state index in [1.807, 2.05) is 12.1 Å². The summed E-state index contributed by atoms with van der Waals surface area (Å²) in [5.41, 5.74) is 9.74. The fraction of sp³-hybridized carbons (Fsp3) is 0.0769. The first-order valence-electron chi connectivity index (χ1n) is 5.81. The van der Waals surface area contributed by atoms with E-state index in [2.05, 4.69) is 20.5 Å². The van der Waals surface area contributed by atoms with Crippen LogP contribution in [0, 0.1) is 6.92 Å². The van der Waals surface area contributed by atoms with Gasteiger partial charge in [0, 0.05) is 23.4 Å². The monoisotopic (exact) mass is 290 g/mol. The molecule has 2 rings (SSSR count). The quantitative estimate of drug-likeness (QED) is 0.381. The summed E-state index contributed by atoms with van der Waals surface area (Å²) in [7, 11) is 0. The maximum Gasteiger partial charge on any atom is 0.271 e. The topological polar surface area (TPSA) is 94.5 Å². The second kappa shape index (κ2) is 6.12. The minimum atomic E-state index is -0.406. The molecular weight excluding hydrogens is 278 g/mol. The van der Waals surface area contributed by atoms with Gasteiger partial charge in [-0.3, -0.25) is 4.79 Å². The fourth-order valence-corrected chi connectivity index (χ4v) is 1.80. The zero-order chi connectivity index (χ0) is 14.5. The van der Waals surface area contributed by atoms with Gasteiger partial charge in [-0.15, -0.1) is 5.10 Å². The van der Waals surface area contributed by atoms with Gasteiger partial charge in [0.25, 0.3) is 5.91 Å². The summed E-state index contributed by atoms with van der Waals surface area (Å²) in [4.78, 5) is 18.8. The van der Waals surface area contributed by atoms with Crippen molar-refractivity contribution in [2.45, 2.75) is 6.92 Å². The normalized spacial score (nSPS) is 11.2. The second-order valence-corrected chi connectivity index (χ2v) is 4.42. The molecule has 0 spiro atoms. The maximum absolute atomic E-state index is 11.9. The molecule has 1 amide bonds. The standard InChI is InChI=1S/C13H12ClN5O/c1-8-6-9(7-11(14)17-8)13(20)19-18-12(15)10-4-2-3-5-16-10/h2-7H,1H3,(H2,15,18)(H,19,20)/p+1. The Balaban J connectivity index is 2.12. The first-order valence-corrected chi connectivity index (χ1v) is 6.19. The summed E-state index contributed by atoms with van der Waals surface area (Å²) in [6.07, 6.45) is 1.71. The van der Waals surface area contributed by atoms with Crippen LogP contribution in [0.1, 0.15) is 21.7 Å². The number of halogens is 1. The van der Waals surface area contributed by atoms with E-state index in [0.717, 1.165) is 0 Å². The molecule has 0 aliphatic carbocycles. The van der Waals surface area contributed by atoms with Gasteiger partial charge in [-0.2, -0.15) is 0 Å². The van der Waals surface area contributed by atoms with Crippen LogP contribution >= 0.6 is 11.6 Å². The summed E-state index contributed by atoms with van der Waals surface area (Å²) in [5, 5.41) is 4.08. The average Bonchev–Trinajstić information content (AvgIpc) is 2.44. The van der Waals surface area contributed by atoms with Gasteiger partial charge in [-0.05, 0) is 25.1 Å². The minimum Gasteiger partial charge on any atom is -0.377 e. The second-order valence-electron chi connectivity index (χ2n) is 4.03. The van der Waals surface area contributed by atoms with E-state index in [1.165, 1.54) is 6.07 Å². The number of H-pyrrole nitrogens is 1. The van der Waals surface area contributed by atoms with Crippen LogP contribution < -0.4 is 16.1 Å². The SMILES string of the molecule is Cc1cc(C(=O)NN=C(N)c2cccc[nH+]2)cc(Cl)n1. The van der Waals surface area contributed by atoms with Crippen LogP contribution in [-0.4, -0.2) is 16.7 Å². The third-order valence-corrected chi connectivity index (χ3v) is 2.64. The molecule has 0 aliphatic heterocycles. The van der Waals surface area contributed by atoms with Crippen LogP contribution in [0.25, 0.3) is 0 Å². The molecule has 0 bridgehead atoms. The van der Waals surface area contributed by atoms with E-state index in [0.29, 0.717) is 17.0 Å². The molecule has 0 saturated heterocycles. The van der Waals surface area contributed by atoms with Crippen molar-refractivity contribution in [3.63, 3.8) is 0 Å². The van der Waals surface area contributed by atoms with Gasteiger partial charge in [0.1, 0.15) is 5.15 Å². The van der Waals surface area contributed by atoms with Gasteiger partial charge in [0.2, 0.25) is 11.5 Å². The molecular formula is C13H13ClN5O+. The summed E-state index contributed by atoms with van der Waals surface area (Å²) >= 11 is 5.80. The molecule has 0 fully saturated rings. The van der Waals surface area contributed by atoms with E-state index in [1.54, 1.807) is 25.3 Å². The van der Waals surface area contributed by atoms with Gasteiger partial charge in [0.05, 0.1) is 0 Å². The van der Waals surface area contributed by atoms with Crippen LogP contribution in [-0.2, 0) is 0 Å².